The van der Waals surface area contributed by atoms with Gasteiger partial charge < -0.3 is 5.32 Å². The van der Waals surface area contributed by atoms with Crippen molar-refractivity contribution in [1.82, 2.24) is 10.3 Å². The zero-order chi connectivity index (χ0) is 13.7. The molecule has 2 aromatic rings. The second kappa shape index (κ2) is 6.43. The van der Waals surface area contributed by atoms with E-state index in [4.69, 9.17) is 0 Å². The van der Waals surface area contributed by atoms with Crippen LogP contribution in [0.5, 0.6) is 0 Å². The van der Waals surface area contributed by atoms with Gasteiger partial charge in [-0.15, -0.1) is 0 Å². The second-order valence-electron chi connectivity index (χ2n) is 4.99. The van der Waals surface area contributed by atoms with Crippen molar-refractivity contribution in [2.24, 2.45) is 0 Å². The lowest BCUT2D eigenvalue weighted by molar-refractivity contribution is 0.552. The van der Waals surface area contributed by atoms with E-state index in [1.54, 1.807) is 18.5 Å². The van der Waals surface area contributed by atoms with Crippen LogP contribution in [0.3, 0.4) is 0 Å². The first-order chi connectivity index (χ1) is 9.15. The van der Waals surface area contributed by atoms with Crippen LogP contribution in [0.4, 0.5) is 4.39 Å². The summed E-state index contributed by atoms with van der Waals surface area (Å²) in [5, 5.41) is 3.24. The monoisotopic (exact) mass is 258 g/mol. The molecule has 0 aliphatic rings. The van der Waals surface area contributed by atoms with E-state index in [1.807, 2.05) is 24.3 Å². The Morgan fingerprint density at radius 2 is 1.84 bits per heavy atom. The number of hydrogen-bond acceptors (Lipinski definition) is 2. The lowest BCUT2D eigenvalue weighted by Gasteiger charge is -2.10. The summed E-state index contributed by atoms with van der Waals surface area (Å²) in [5.41, 5.74) is 3.03. The van der Waals surface area contributed by atoms with Gasteiger partial charge >= 0.3 is 0 Å². The third kappa shape index (κ3) is 4.14. The lowest BCUT2D eigenvalue weighted by Crippen LogP contribution is -2.22. The minimum absolute atomic E-state index is 0.147. The molecule has 3 heteroatoms. The molecule has 0 amide bonds. The first kappa shape index (κ1) is 13.7. The SMILES string of the molecule is CC(C)NCc1cc(Cc2ccncc2)ccc1F. The predicted molar refractivity (Wildman–Crippen MR) is 75.4 cm³/mol. The van der Waals surface area contributed by atoms with E-state index >= 15 is 0 Å². The molecule has 0 spiro atoms. The van der Waals surface area contributed by atoms with Gasteiger partial charge in [0.15, 0.2) is 0 Å². The normalized spacial score (nSPS) is 10.9. The Labute approximate surface area is 113 Å². The van der Waals surface area contributed by atoms with E-state index < -0.39 is 0 Å². The highest BCUT2D eigenvalue weighted by Gasteiger charge is 2.05. The van der Waals surface area contributed by atoms with Crippen LogP contribution in [-0.2, 0) is 13.0 Å². The number of aromatic nitrogens is 1. The largest absolute Gasteiger partial charge is 0.310 e. The highest BCUT2D eigenvalue weighted by molar-refractivity contribution is 5.29. The number of hydrogen-bond donors (Lipinski definition) is 1. The number of halogens is 1. The first-order valence-corrected chi connectivity index (χ1v) is 6.55. The van der Waals surface area contributed by atoms with Gasteiger partial charge in [-0.05, 0) is 35.7 Å². The maximum atomic E-state index is 13.7. The molecule has 0 saturated heterocycles. The fraction of sp³-hybridized carbons (Fsp3) is 0.312. The fourth-order valence-corrected chi connectivity index (χ4v) is 1.92. The molecule has 2 rings (SSSR count). The zero-order valence-corrected chi connectivity index (χ0v) is 11.4. The average Bonchev–Trinajstić information content (AvgIpc) is 2.40. The Bertz CT molecular complexity index is 524. The summed E-state index contributed by atoms with van der Waals surface area (Å²) in [7, 11) is 0. The summed E-state index contributed by atoms with van der Waals surface area (Å²) >= 11 is 0. The third-order valence-corrected chi connectivity index (χ3v) is 2.97. The van der Waals surface area contributed by atoms with Crippen LogP contribution >= 0.6 is 0 Å². The van der Waals surface area contributed by atoms with Crippen molar-refractivity contribution >= 4 is 0 Å². The van der Waals surface area contributed by atoms with E-state index in [0.29, 0.717) is 12.6 Å². The van der Waals surface area contributed by atoms with Gasteiger partial charge in [0.2, 0.25) is 0 Å². The number of nitrogens with one attached hydrogen (secondary N) is 1. The molecule has 100 valence electrons. The summed E-state index contributed by atoms with van der Waals surface area (Å²) in [6.07, 6.45) is 4.36. The first-order valence-electron chi connectivity index (χ1n) is 6.55. The Morgan fingerprint density at radius 1 is 1.11 bits per heavy atom. The van der Waals surface area contributed by atoms with Crippen LogP contribution in [0, 0.1) is 5.82 Å². The van der Waals surface area contributed by atoms with Crippen LogP contribution in [0.25, 0.3) is 0 Å². The van der Waals surface area contributed by atoms with E-state index in [-0.39, 0.29) is 5.82 Å². The number of nitrogens with zero attached hydrogens (tertiary/aromatic N) is 1. The molecule has 0 unspecified atom stereocenters. The maximum absolute atomic E-state index is 13.7. The standard InChI is InChI=1S/C16H19FN2/c1-12(2)19-11-15-10-14(3-4-16(15)17)9-13-5-7-18-8-6-13/h3-8,10,12,19H,9,11H2,1-2H3. The summed E-state index contributed by atoms with van der Waals surface area (Å²) < 4.78 is 13.7. The van der Waals surface area contributed by atoms with Crippen LogP contribution < -0.4 is 5.32 Å². The molecule has 0 radical (unpaired) electrons. The van der Waals surface area contributed by atoms with E-state index in [9.17, 15) is 4.39 Å². The molecule has 1 aromatic heterocycles. The minimum Gasteiger partial charge on any atom is -0.310 e. The van der Waals surface area contributed by atoms with Gasteiger partial charge in [-0.3, -0.25) is 4.98 Å². The van der Waals surface area contributed by atoms with Gasteiger partial charge in [-0.1, -0.05) is 26.0 Å². The van der Waals surface area contributed by atoms with Crippen molar-refractivity contribution in [1.29, 1.82) is 0 Å². The van der Waals surface area contributed by atoms with Crippen molar-refractivity contribution in [2.45, 2.75) is 32.9 Å². The van der Waals surface area contributed by atoms with Crippen molar-refractivity contribution in [3.05, 3.63) is 65.2 Å². The summed E-state index contributed by atoms with van der Waals surface area (Å²) in [5.74, 6) is -0.147. The quantitative estimate of drug-likeness (QED) is 0.890. The van der Waals surface area contributed by atoms with Crippen molar-refractivity contribution in [2.75, 3.05) is 0 Å². The van der Waals surface area contributed by atoms with Crippen molar-refractivity contribution < 1.29 is 4.39 Å². The Kier molecular flexibility index (Phi) is 4.63. The number of rotatable bonds is 5. The van der Waals surface area contributed by atoms with Crippen LogP contribution in [-0.4, -0.2) is 11.0 Å². The predicted octanol–water partition coefficient (Wildman–Crippen LogP) is 3.31. The second-order valence-corrected chi connectivity index (χ2v) is 4.99. The van der Waals surface area contributed by atoms with Crippen molar-refractivity contribution in [3.63, 3.8) is 0 Å². The van der Waals surface area contributed by atoms with Gasteiger partial charge in [-0.2, -0.15) is 0 Å². The summed E-state index contributed by atoms with van der Waals surface area (Å²) in [6, 6.07) is 9.64. The van der Waals surface area contributed by atoms with Crippen LogP contribution in [0.2, 0.25) is 0 Å². The molecular formula is C16H19FN2. The Morgan fingerprint density at radius 3 is 2.53 bits per heavy atom. The van der Waals surface area contributed by atoms with Gasteiger partial charge in [0, 0.05) is 30.5 Å². The van der Waals surface area contributed by atoms with Gasteiger partial charge in [0.05, 0.1) is 0 Å². The Hall–Kier alpha value is -1.74. The smallest absolute Gasteiger partial charge is 0.127 e. The fourth-order valence-electron chi connectivity index (χ4n) is 1.92. The maximum Gasteiger partial charge on any atom is 0.127 e. The molecular weight excluding hydrogens is 239 g/mol. The van der Waals surface area contributed by atoms with Crippen molar-refractivity contribution in [3.8, 4) is 0 Å². The topological polar surface area (TPSA) is 24.9 Å². The minimum atomic E-state index is -0.147. The van der Waals surface area contributed by atoms with E-state index in [0.717, 1.165) is 17.5 Å². The lowest BCUT2D eigenvalue weighted by atomic mass is 10.0. The molecule has 1 N–H and O–H groups in total. The third-order valence-electron chi connectivity index (χ3n) is 2.97. The zero-order valence-electron chi connectivity index (χ0n) is 11.4. The van der Waals surface area contributed by atoms with E-state index in [2.05, 4.69) is 24.1 Å². The highest BCUT2D eigenvalue weighted by Crippen LogP contribution is 2.14. The average molecular weight is 258 g/mol. The molecule has 19 heavy (non-hydrogen) atoms. The number of benzene rings is 1. The van der Waals surface area contributed by atoms with Crippen LogP contribution in [0.15, 0.2) is 42.7 Å². The molecule has 0 fully saturated rings. The molecule has 0 aliphatic heterocycles. The van der Waals surface area contributed by atoms with Gasteiger partial charge in [0.1, 0.15) is 5.82 Å². The molecule has 1 heterocycles. The van der Waals surface area contributed by atoms with E-state index in [1.165, 1.54) is 5.56 Å². The number of pyridine rings is 1. The van der Waals surface area contributed by atoms with Gasteiger partial charge in [0.25, 0.3) is 0 Å². The molecule has 0 atom stereocenters. The summed E-state index contributed by atoms with van der Waals surface area (Å²) in [6.45, 7) is 4.67. The molecule has 0 bridgehead atoms. The molecule has 0 aliphatic carbocycles. The molecule has 1 aromatic carbocycles. The molecule has 0 saturated carbocycles. The Balaban J connectivity index is 2.12. The molecule has 2 nitrogen and oxygen atoms in total. The van der Waals surface area contributed by atoms with Gasteiger partial charge in [-0.25, -0.2) is 4.39 Å². The van der Waals surface area contributed by atoms with Crippen LogP contribution in [0.1, 0.15) is 30.5 Å². The summed E-state index contributed by atoms with van der Waals surface area (Å²) in [4.78, 5) is 4.00. The highest BCUT2D eigenvalue weighted by atomic mass is 19.1.